The van der Waals surface area contributed by atoms with Crippen LogP contribution in [0.1, 0.15) is 10.5 Å². The first kappa shape index (κ1) is 12.8. The molecule has 0 bridgehead atoms. The number of nitrogens with zero attached hydrogens (tertiary/aromatic N) is 2. The molecule has 7 heteroatoms. The zero-order chi connectivity index (χ0) is 13.3. The van der Waals surface area contributed by atoms with Gasteiger partial charge in [-0.05, 0) is 40.2 Å². The van der Waals surface area contributed by atoms with Crippen molar-refractivity contribution in [3.05, 3.63) is 39.5 Å². The first-order valence-corrected chi connectivity index (χ1v) is 5.98. The number of nitrogen functional groups attached to an aromatic ring is 1. The van der Waals surface area contributed by atoms with Crippen LogP contribution in [-0.2, 0) is 0 Å². The standard InChI is InChI=1S/C11H7BrClN3O2/c12-7-8(11(17)18)15-10(16-9(7)14)5-1-3-6(13)4-2-5/h1-4H,(H,17,18)(H2,14,15,16). The summed E-state index contributed by atoms with van der Waals surface area (Å²) in [6.45, 7) is 0. The molecule has 2 rings (SSSR count). The van der Waals surface area contributed by atoms with Crippen molar-refractivity contribution in [2.45, 2.75) is 0 Å². The number of nitrogens with two attached hydrogens (primary N) is 1. The second kappa shape index (κ2) is 4.91. The highest BCUT2D eigenvalue weighted by atomic mass is 79.9. The summed E-state index contributed by atoms with van der Waals surface area (Å²) in [6, 6.07) is 6.71. The van der Waals surface area contributed by atoms with Gasteiger partial charge in [-0.2, -0.15) is 0 Å². The van der Waals surface area contributed by atoms with Crippen LogP contribution in [0, 0.1) is 0 Å². The molecule has 0 fully saturated rings. The number of carbonyl (C=O) groups is 1. The van der Waals surface area contributed by atoms with Gasteiger partial charge in [0, 0.05) is 10.6 Å². The van der Waals surface area contributed by atoms with E-state index < -0.39 is 5.97 Å². The fourth-order valence-electron chi connectivity index (χ4n) is 1.33. The minimum Gasteiger partial charge on any atom is -0.476 e. The maximum Gasteiger partial charge on any atom is 0.355 e. The number of carboxylic acid groups (broad SMARTS) is 1. The second-order valence-corrected chi connectivity index (χ2v) is 4.64. The molecule has 0 saturated heterocycles. The zero-order valence-electron chi connectivity index (χ0n) is 8.89. The summed E-state index contributed by atoms with van der Waals surface area (Å²) in [5, 5.41) is 9.58. The van der Waals surface area contributed by atoms with Crippen molar-refractivity contribution in [3.8, 4) is 11.4 Å². The van der Waals surface area contributed by atoms with Crippen molar-refractivity contribution in [1.29, 1.82) is 0 Å². The number of carboxylic acids is 1. The normalized spacial score (nSPS) is 10.3. The molecule has 1 heterocycles. The molecule has 5 nitrogen and oxygen atoms in total. The highest BCUT2D eigenvalue weighted by Crippen LogP contribution is 2.25. The molecule has 0 atom stereocenters. The van der Waals surface area contributed by atoms with E-state index in [0.29, 0.717) is 10.6 Å². The van der Waals surface area contributed by atoms with E-state index in [0.717, 1.165) is 0 Å². The highest BCUT2D eigenvalue weighted by molar-refractivity contribution is 9.10. The number of aromatic carboxylic acids is 1. The Kier molecular flexibility index (Phi) is 3.49. The van der Waals surface area contributed by atoms with Gasteiger partial charge < -0.3 is 10.8 Å². The third kappa shape index (κ3) is 2.44. The number of hydrogen-bond donors (Lipinski definition) is 2. The molecule has 92 valence electrons. The van der Waals surface area contributed by atoms with Gasteiger partial charge in [-0.3, -0.25) is 0 Å². The molecule has 1 aromatic heterocycles. The van der Waals surface area contributed by atoms with E-state index >= 15 is 0 Å². The fourth-order valence-corrected chi connectivity index (χ4v) is 1.81. The van der Waals surface area contributed by atoms with Crippen LogP contribution in [0.25, 0.3) is 11.4 Å². The summed E-state index contributed by atoms with van der Waals surface area (Å²) in [6.07, 6.45) is 0. The quantitative estimate of drug-likeness (QED) is 0.885. The second-order valence-electron chi connectivity index (χ2n) is 3.41. The minimum atomic E-state index is -1.17. The van der Waals surface area contributed by atoms with Crippen LogP contribution in [0.3, 0.4) is 0 Å². The number of anilines is 1. The van der Waals surface area contributed by atoms with Gasteiger partial charge in [0.2, 0.25) is 0 Å². The third-order valence-corrected chi connectivity index (χ3v) is 3.22. The van der Waals surface area contributed by atoms with E-state index in [2.05, 4.69) is 25.9 Å². The molecule has 0 aliphatic rings. The van der Waals surface area contributed by atoms with E-state index in [-0.39, 0.29) is 21.8 Å². The van der Waals surface area contributed by atoms with Crippen LogP contribution < -0.4 is 5.73 Å². The predicted molar refractivity (Wildman–Crippen MR) is 71.5 cm³/mol. The fraction of sp³-hybridized carbons (Fsp3) is 0. The van der Waals surface area contributed by atoms with Gasteiger partial charge in [0.15, 0.2) is 11.5 Å². The maximum atomic E-state index is 11.0. The lowest BCUT2D eigenvalue weighted by molar-refractivity contribution is 0.0689. The lowest BCUT2D eigenvalue weighted by atomic mass is 10.2. The molecule has 0 amide bonds. The third-order valence-electron chi connectivity index (χ3n) is 2.18. The van der Waals surface area contributed by atoms with E-state index in [9.17, 15) is 4.79 Å². The number of hydrogen-bond acceptors (Lipinski definition) is 4. The van der Waals surface area contributed by atoms with E-state index in [4.69, 9.17) is 22.4 Å². The Morgan fingerprint density at radius 2 is 1.89 bits per heavy atom. The SMILES string of the molecule is Nc1nc(-c2ccc(Cl)cc2)nc(C(=O)O)c1Br. The first-order chi connectivity index (χ1) is 8.49. The Morgan fingerprint density at radius 1 is 1.28 bits per heavy atom. The molecule has 0 aliphatic carbocycles. The van der Waals surface area contributed by atoms with Gasteiger partial charge in [0.05, 0.1) is 4.47 Å². The number of aromatic nitrogens is 2. The molecule has 0 unspecified atom stereocenters. The van der Waals surface area contributed by atoms with Gasteiger partial charge in [0.1, 0.15) is 5.82 Å². The average Bonchev–Trinajstić information content (AvgIpc) is 2.33. The largest absolute Gasteiger partial charge is 0.476 e. The molecule has 2 aromatic rings. The van der Waals surface area contributed by atoms with E-state index in [1.165, 1.54) is 0 Å². The lowest BCUT2D eigenvalue weighted by Gasteiger charge is -2.06. The monoisotopic (exact) mass is 327 g/mol. The number of halogens is 2. The number of benzene rings is 1. The van der Waals surface area contributed by atoms with E-state index in [1.807, 2.05) is 0 Å². The van der Waals surface area contributed by atoms with Crippen molar-refractivity contribution in [2.75, 3.05) is 5.73 Å². The summed E-state index contributed by atoms with van der Waals surface area (Å²) in [7, 11) is 0. The summed E-state index contributed by atoms with van der Waals surface area (Å²) in [5.41, 5.74) is 6.11. The predicted octanol–water partition coefficient (Wildman–Crippen LogP) is 2.84. The summed E-state index contributed by atoms with van der Waals surface area (Å²) >= 11 is 8.82. The smallest absolute Gasteiger partial charge is 0.355 e. The minimum absolute atomic E-state index is 0.0763. The Bertz CT molecular complexity index is 616. The molecule has 0 aliphatic heterocycles. The van der Waals surface area contributed by atoms with Crippen LogP contribution >= 0.6 is 27.5 Å². The lowest BCUT2D eigenvalue weighted by Crippen LogP contribution is -2.07. The molecule has 0 spiro atoms. The van der Waals surface area contributed by atoms with Gasteiger partial charge >= 0.3 is 5.97 Å². The molecule has 0 radical (unpaired) electrons. The van der Waals surface area contributed by atoms with Crippen molar-refractivity contribution in [2.24, 2.45) is 0 Å². The van der Waals surface area contributed by atoms with Crippen LogP contribution in [-0.4, -0.2) is 21.0 Å². The highest BCUT2D eigenvalue weighted by Gasteiger charge is 2.16. The zero-order valence-corrected chi connectivity index (χ0v) is 11.2. The molecular formula is C11H7BrClN3O2. The molecular weight excluding hydrogens is 321 g/mol. The summed E-state index contributed by atoms with van der Waals surface area (Å²) in [4.78, 5) is 19.0. The van der Waals surface area contributed by atoms with Crippen molar-refractivity contribution >= 4 is 39.3 Å². The van der Waals surface area contributed by atoms with Gasteiger partial charge in [-0.25, -0.2) is 14.8 Å². The Balaban J connectivity index is 2.59. The van der Waals surface area contributed by atoms with Crippen LogP contribution in [0.15, 0.2) is 28.7 Å². The Hall–Kier alpha value is -1.66. The molecule has 18 heavy (non-hydrogen) atoms. The van der Waals surface area contributed by atoms with Gasteiger partial charge in [0.25, 0.3) is 0 Å². The molecule has 1 aromatic carbocycles. The first-order valence-electron chi connectivity index (χ1n) is 4.81. The van der Waals surface area contributed by atoms with Gasteiger partial charge in [-0.1, -0.05) is 11.6 Å². The van der Waals surface area contributed by atoms with Crippen LogP contribution in [0.5, 0.6) is 0 Å². The average molecular weight is 329 g/mol. The maximum absolute atomic E-state index is 11.0. The van der Waals surface area contributed by atoms with Crippen molar-refractivity contribution in [1.82, 2.24) is 9.97 Å². The molecule has 3 N–H and O–H groups in total. The summed E-state index contributed by atoms with van der Waals surface area (Å²) in [5.74, 6) is -0.858. The van der Waals surface area contributed by atoms with Crippen LogP contribution in [0.2, 0.25) is 5.02 Å². The molecule has 0 saturated carbocycles. The van der Waals surface area contributed by atoms with Crippen LogP contribution in [0.4, 0.5) is 5.82 Å². The van der Waals surface area contributed by atoms with Crippen molar-refractivity contribution < 1.29 is 9.90 Å². The summed E-state index contributed by atoms with van der Waals surface area (Å²) < 4.78 is 0.174. The Labute approximate surface area is 116 Å². The van der Waals surface area contributed by atoms with Crippen molar-refractivity contribution in [3.63, 3.8) is 0 Å². The topological polar surface area (TPSA) is 89.1 Å². The number of rotatable bonds is 2. The van der Waals surface area contributed by atoms with Gasteiger partial charge in [-0.15, -0.1) is 0 Å². The Morgan fingerprint density at radius 3 is 2.44 bits per heavy atom. The van der Waals surface area contributed by atoms with E-state index in [1.54, 1.807) is 24.3 Å².